The van der Waals surface area contributed by atoms with E-state index in [-0.39, 0.29) is 43.3 Å². The molecule has 180 valence electrons. The number of hydrogen-bond acceptors (Lipinski definition) is 4. The van der Waals surface area contributed by atoms with Gasteiger partial charge >= 0.3 is 6.03 Å². The molecule has 0 bridgehead atoms. The molecule has 1 aromatic carbocycles. The van der Waals surface area contributed by atoms with Crippen molar-refractivity contribution in [2.45, 2.75) is 43.8 Å². The Bertz CT molecular complexity index is 1110. The quantitative estimate of drug-likeness (QED) is 0.343. The number of para-hydroxylation sites is 1. The summed E-state index contributed by atoms with van der Waals surface area (Å²) in [6.45, 7) is 4.10. The first-order valence-electron chi connectivity index (χ1n) is 11.5. The van der Waals surface area contributed by atoms with Crippen molar-refractivity contribution in [1.29, 1.82) is 0 Å². The molecule has 0 radical (unpaired) electrons. The Morgan fingerprint density at radius 2 is 2.00 bits per heavy atom. The average molecular weight is 467 g/mol. The molecule has 10 heteroatoms. The van der Waals surface area contributed by atoms with Gasteiger partial charge < -0.3 is 31.6 Å². The predicted molar refractivity (Wildman–Crippen MR) is 126 cm³/mol. The van der Waals surface area contributed by atoms with Crippen molar-refractivity contribution in [3.63, 3.8) is 0 Å². The van der Waals surface area contributed by atoms with Crippen LogP contribution in [-0.2, 0) is 20.8 Å². The molecule has 6 N–H and O–H groups in total. The molecule has 34 heavy (non-hydrogen) atoms. The fourth-order valence-electron chi connectivity index (χ4n) is 4.41. The van der Waals surface area contributed by atoms with Crippen molar-refractivity contribution in [3.8, 4) is 0 Å². The Morgan fingerprint density at radius 1 is 1.24 bits per heavy atom. The summed E-state index contributed by atoms with van der Waals surface area (Å²) in [5, 5.41) is 9.14. The third-order valence-corrected chi connectivity index (χ3v) is 6.31. The molecule has 3 atom stereocenters. The number of urea groups is 1. The second-order valence-electron chi connectivity index (χ2n) is 8.88. The van der Waals surface area contributed by atoms with Crippen molar-refractivity contribution in [2.24, 2.45) is 11.7 Å². The normalized spacial score (nSPS) is 20.5. The number of H-pyrrole nitrogens is 1. The van der Waals surface area contributed by atoms with Crippen LogP contribution in [0.5, 0.6) is 0 Å². The molecular formula is C24H30N6O4. The number of carbonyl (C=O) groups excluding carboxylic acids is 4. The van der Waals surface area contributed by atoms with E-state index < -0.39 is 23.9 Å². The standard InChI is InChI=1S/C24H30N6O4/c1-2-9-26-24(34)28-16-11-20(30(13-16)23(33)14-7-8-14)22(32)29-19(21(25)31)10-15-12-27-18-6-4-3-5-17(15)18/h2-6,12,14,16,19-20,27H,1,7-11,13H2,(H2,25,31)(H,29,32)(H2,26,28,34)/t16-,19+,20-/m0/s1. The number of benzene rings is 1. The lowest BCUT2D eigenvalue weighted by Crippen LogP contribution is -2.53. The van der Waals surface area contributed by atoms with E-state index in [1.54, 1.807) is 12.3 Å². The molecule has 1 aliphatic heterocycles. The number of aromatic nitrogens is 1. The van der Waals surface area contributed by atoms with Gasteiger partial charge in [0.15, 0.2) is 0 Å². The van der Waals surface area contributed by atoms with Gasteiger partial charge in [-0.2, -0.15) is 0 Å². The number of amides is 5. The van der Waals surface area contributed by atoms with Gasteiger partial charge in [0.2, 0.25) is 17.7 Å². The molecule has 10 nitrogen and oxygen atoms in total. The van der Waals surface area contributed by atoms with Crippen LogP contribution >= 0.6 is 0 Å². The highest BCUT2D eigenvalue weighted by Crippen LogP contribution is 2.34. The zero-order valence-electron chi connectivity index (χ0n) is 18.9. The summed E-state index contributed by atoms with van der Waals surface area (Å²) in [4.78, 5) is 55.1. The summed E-state index contributed by atoms with van der Waals surface area (Å²) in [7, 11) is 0. The number of primary amides is 1. The fraction of sp³-hybridized carbons (Fsp3) is 0.417. The summed E-state index contributed by atoms with van der Waals surface area (Å²) in [6, 6.07) is 5.16. The molecule has 1 aliphatic carbocycles. The SMILES string of the molecule is C=CCNC(=O)N[C@H]1C[C@@H](C(=O)N[C@H](Cc2c[nH]c3ccccc23)C(N)=O)N(C(=O)C2CC2)C1. The maximum atomic E-state index is 13.3. The van der Waals surface area contributed by atoms with Gasteiger partial charge in [-0.25, -0.2) is 4.79 Å². The lowest BCUT2D eigenvalue weighted by Gasteiger charge is -2.25. The van der Waals surface area contributed by atoms with E-state index >= 15 is 0 Å². The van der Waals surface area contributed by atoms with Crippen LogP contribution in [0.25, 0.3) is 10.9 Å². The summed E-state index contributed by atoms with van der Waals surface area (Å²) in [5.41, 5.74) is 7.40. The van der Waals surface area contributed by atoms with Crippen LogP contribution in [0.2, 0.25) is 0 Å². The molecular weight excluding hydrogens is 436 g/mol. The van der Waals surface area contributed by atoms with E-state index in [0.29, 0.717) is 6.54 Å². The van der Waals surface area contributed by atoms with Gasteiger partial charge in [-0.3, -0.25) is 14.4 Å². The molecule has 1 saturated heterocycles. The Hall–Kier alpha value is -3.82. The second kappa shape index (κ2) is 9.98. The number of likely N-dealkylation sites (tertiary alicyclic amines) is 1. The second-order valence-corrected chi connectivity index (χ2v) is 8.88. The monoisotopic (exact) mass is 466 g/mol. The summed E-state index contributed by atoms with van der Waals surface area (Å²) < 4.78 is 0. The van der Waals surface area contributed by atoms with E-state index in [2.05, 4.69) is 27.5 Å². The zero-order valence-corrected chi connectivity index (χ0v) is 18.9. The van der Waals surface area contributed by atoms with Crippen LogP contribution in [0.3, 0.4) is 0 Å². The number of carbonyl (C=O) groups is 4. The Balaban J connectivity index is 1.46. The third kappa shape index (κ3) is 5.22. The molecule has 4 rings (SSSR count). The minimum absolute atomic E-state index is 0.0817. The van der Waals surface area contributed by atoms with Gasteiger partial charge in [0.25, 0.3) is 0 Å². The smallest absolute Gasteiger partial charge is 0.315 e. The molecule has 1 aromatic heterocycles. The van der Waals surface area contributed by atoms with Crippen LogP contribution in [0.15, 0.2) is 43.1 Å². The number of rotatable bonds is 9. The number of nitrogens with zero attached hydrogens (tertiary/aromatic N) is 1. The van der Waals surface area contributed by atoms with Gasteiger partial charge in [-0.1, -0.05) is 24.3 Å². The van der Waals surface area contributed by atoms with Gasteiger partial charge in [-0.15, -0.1) is 6.58 Å². The molecule has 2 heterocycles. The first-order chi connectivity index (χ1) is 16.4. The van der Waals surface area contributed by atoms with Crippen molar-refractivity contribution in [2.75, 3.05) is 13.1 Å². The van der Waals surface area contributed by atoms with Crippen molar-refractivity contribution < 1.29 is 19.2 Å². The Morgan fingerprint density at radius 3 is 2.71 bits per heavy atom. The molecule has 5 amide bonds. The highest BCUT2D eigenvalue weighted by molar-refractivity contribution is 5.94. The van der Waals surface area contributed by atoms with Crippen LogP contribution < -0.4 is 21.7 Å². The fourth-order valence-corrected chi connectivity index (χ4v) is 4.41. The lowest BCUT2D eigenvalue weighted by molar-refractivity contribution is -0.140. The predicted octanol–water partition coefficient (Wildman–Crippen LogP) is 0.545. The zero-order chi connectivity index (χ0) is 24.2. The van der Waals surface area contributed by atoms with Crippen molar-refractivity contribution in [3.05, 3.63) is 48.7 Å². The molecule has 2 aromatic rings. The first kappa shape index (κ1) is 23.3. The highest BCUT2D eigenvalue weighted by atomic mass is 16.2. The highest BCUT2D eigenvalue weighted by Gasteiger charge is 2.45. The Kier molecular flexibility index (Phi) is 6.85. The number of nitrogens with one attached hydrogen (secondary N) is 4. The van der Waals surface area contributed by atoms with Gasteiger partial charge in [0.1, 0.15) is 12.1 Å². The van der Waals surface area contributed by atoms with E-state index in [9.17, 15) is 19.2 Å². The minimum atomic E-state index is -0.938. The molecule has 1 saturated carbocycles. The van der Waals surface area contributed by atoms with Gasteiger partial charge in [0, 0.05) is 42.5 Å². The third-order valence-electron chi connectivity index (χ3n) is 6.31. The van der Waals surface area contributed by atoms with E-state index in [1.165, 1.54) is 4.90 Å². The number of fused-ring (bicyclic) bond motifs is 1. The number of aromatic amines is 1. The van der Waals surface area contributed by atoms with Gasteiger partial charge in [0.05, 0.1) is 6.04 Å². The summed E-state index contributed by atoms with van der Waals surface area (Å²) in [6.07, 6.45) is 5.43. The van der Waals surface area contributed by atoms with E-state index in [1.807, 2.05) is 24.3 Å². The van der Waals surface area contributed by atoms with Crippen LogP contribution in [0.1, 0.15) is 24.8 Å². The summed E-state index contributed by atoms with van der Waals surface area (Å²) in [5.74, 6) is -1.28. The summed E-state index contributed by atoms with van der Waals surface area (Å²) >= 11 is 0. The van der Waals surface area contributed by atoms with E-state index in [0.717, 1.165) is 29.3 Å². The van der Waals surface area contributed by atoms with Crippen LogP contribution in [0.4, 0.5) is 4.79 Å². The van der Waals surface area contributed by atoms with Crippen molar-refractivity contribution in [1.82, 2.24) is 25.8 Å². The number of nitrogens with two attached hydrogens (primary N) is 1. The van der Waals surface area contributed by atoms with Crippen LogP contribution in [0, 0.1) is 5.92 Å². The first-order valence-corrected chi connectivity index (χ1v) is 11.5. The van der Waals surface area contributed by atoms with Crippen LogP contribution in [-0.4, -0.2) is 64.9 Å². The van der Waals surface area contributed by atoms with Gasteiger partial charge in [-0.05, 0) is 30.9 Å². The Labute approximate surface area is 197 Å². The van der Waals surface area contributed by atoms with E-state index in [4.69, 9.17) is 5.73 Å². The molecule has 2 fully saturated rings. The molecule has 2 aliphatic rings. The minimum Gasteiger partial charge on any atom is -0.368 e. The maximum Gasteiger partial charge on any atom is 0.315 e. The lowest BCUT2D eigenvalue weighted by atomic mass is 10.0. The molecule has 0 unspecified atom stereocenters. The molecule has 0 spiro atoms. The largest absolute Gasteiger partial charge is 0.368 e. The average Bonchev–Trinajstić information content (AvgIpc) is 3.47. The topological polar surface area (TPSA) is 149 Å². The maximum absolute atomic E-state index is 13.3. The number of hydrogen-bond donors (Lipinski definition) is 5. The van der Waals surface area contributed by atoms with Crippen molar-refractivity contribution >= 4 is 34.7 Å².